The van der Waals surface area contributed by atoms with Crippen molar-refractivity contribution in [2.45, 2.75) is 0 Å². The van der Waals surface area contributed by atoms with Crippen LogP contribution < -0.4 is 16.6 Å². The summed E-state index contributed by atoms with van der Waals surface area (Å²) in [4.78, 5) is 25.4. The molecule has 1 heterocycles. The molecule has 0 saturated carbocycles. The molecule has 0 saturated heterocycles. The van der Waals surface area contributed by atoms with Crippen LogP contribution in [-0.2, 0) is 0 Å². The highest BCUT2D eigenvalue weighted by Crippen LogP contribution is 2.16. The standard InChI is InChI=1S/C15H12FN3O2/c16-12-8-10(2-1-6-17)3-4-13(12)19-15(21)11-5-7-18-14(20)9-11/h3-5,7-9H,6,17H2,(H,18,20)(H,19,21). The van der Waals surface area contributed by atoms with Gasteiger partial charge in [0.05, 0.1) is 12.2 Å². The lowest BCUT2D eigenvalue weighted by atomic mass is 10.2. The summed E-state index contributed by atoms with van der Waals surface area (Å²) in [7, 11) is 0. The van der Waals surface area contributed by atoms with Crippen molar-refractivity contribution in [2.75, 3.05) is 11.9 Å². The van der Waals surface area contributed by atoms with Gasteiger partial charge in [-0.25, -0.2) is 4.39 Å². The van der Waals surface area contributed by atoms with E-state index in [9.17, 15) is 14.0 Å². The summed E-state index contributed by atoms with van der Waals surface area (Å²) in [6, 6.07) is 6.74. The van der Waals surface area contributed by atoms with Gasteiger partial charge in [0.1, 0.15) is 5.82 Å². The zero-order valence-electron chi connectivity index (χ0n) is 10.9. The third-order valence-corrected chi connectivity index (χ3v) is 2.59. The van der Waals surface area contributed by atoms with Gasteiger partial charge < -0.3 is 16.0 Å². The van der Waals surface area contributed by atoms with Gasteiger partial charge in [0.25, 0.3) is 5.91 Å². The van der Waals surface area contributed by atoms with Gasteiger partial charge >= 0.3 is 0 Å². The van der Waals surface area contributed by atoms with E-state index < -0.39 is 17.3 Å². The summed E-state index contributed by atoms with van der Waals surface area (Å²) < 4.78 is 13.9. The quantitative estimate of drug-likeness (QED) is 0.721. The van der Waals surface area contributed by atoms with Crippen molar-refractivity contribution in [3.8, 4) is 11.8 Å². The second kappa shape index (κ2) is 6.50. The van der Waals surface area contributed by atoms with E-state index in [1.54, 1.807) is 6.07 Å². The summed E-state index contributed by atoms with van der Waals surface area (Å²) in [5.74, 6) is 4.12. The molecule has 1 aromatic carbocycles. The average Bonchev–Trinajstić information content (AvgIpc) is 2.47. The first-order valence-electron chi connectivity index (χ1n) is 6.09. The first kappa shape index (κ1) is 14.5. The van der Waals surface area contributed by atoms with Crippen molar-refractivity contribution in [3.63, 3.8) is 0 Å². The minimum atomic E-state index is -0.614. The number of aromatic nitrogens is 1. The number of nitrogens with one attached hydrogen (secondary N) is 2. The number of amides is 1. The van der Waals surface area contributed by atoms with Gasteiger partial charge in [-0.05, 0) is 24.3 Å². The summed E-state index contributed by atoms with van der Waals surface area (Å²) in [5, 5.41) is 2.40. The normalized spacial score (nSPS) is 9.62. The van der Waals surface area contributed by atoms with Gasteiger partial charge in [-0.15, -0.1) is 0 Å². The molecule has 0 fully saturated rings. The number of benzene rings is 1. The van der Waals surface area contributed by atoms with Gasteiger partial charge in [-0.2, -0.15) is 0 Å². The number of H-pyrrole nitrogens is 1. The highest BCUT2D eigenvalue weighted by molar-refractivity contribution is 6.04. The minimum absolute atomic E-state index is 0.0126. The van der Waals surface area contributed by atoms with Crippen LogP contribution >= 0.6 is 0 Å². The lowest BCUT2D eigenvalue weighted by Gasteiger charge is -2.06. The van der Waals surface area contributed by atoms with Crippen molar-refractivity contribution in [2.24, 2.45) is 5.73 Å². The highest BCUT2D eigenvalue weighted by atomic mass is 19.1. The summed E-state index contributed by atoms with van der Waals surface area (Å²) in [6.45, 7) is 0.183. The van der Waals surface area contributed by atoms with Gasteiger partial charge in [0.15, 0.2) is 0 Å². The van der Waals surface area contributed by atoms with E-state index >= 15 is 0 Å². The van der Waals surface area contributed by atoms with Gasteiger partial charge in [0, 0.05) is 23.4 Å². The van der Waals surface area contributed by atoms with E-state index in [0.717, 1.165) is 6.07 Å². The third kappa shape index (κ3) is 3.78. The molecule has 0 spiro atoms. The molecule has 2 rings (SSSR count). The fourth-order valence-corrected chi connectivity index (χ4v) is 1.63. The molecule has 21 heavy (non-hydrogen) atoms. The Kier molecular flexibility index (Phi) is 4.49. The van der Waals surface area contributed by atoms with Crippen LogP contribution in [-0.4, -0.2) is 17.4 Å². The number of pyridine rings is 1. The van der Waals surface area contributed by atoms with E-state index in [4.69, 9.17) is 5.73 Å². The molecule has 1 aromatic heterocycles. The Balaban J connectivity index is 2.20. The Bertz CT molecular complexity index is 787. The molecule has 0 atom stereocenters. The highest BCUT2D eigenvalue weighted by Gasteiger charge is 2.10. The monoisotopic (exact) mass is 285 g/mol. The first-order chi connectivity index (χ1) is 10.1. The van der Waals surface area contributed by atoms with E-state index in [-0.39, 0.29) is 17.8 Å². The zero-order valence-corrected chi connectivity index (χ0v) is 10.9. The maximum atomic E-state index is 13.9. The van der Waals surface area contributed by atoms with Crippen LogP contribution in [0.25, 0.3) is 0 Å². The second-order valence-electron chi connectivity index (χ2n) is 4.10. The predicted molar refractivity (Wildman–Crippen MR) is 77.3 cm³/mol. The van der Waals surface area contributed by atoms with Gasteiger partial charge in [0.2, 0.25) is 5.56 Å². The Morgan fingerprint density at radius 2 is 2.14 bits per heavy atom. The number of rotatable bonds is 2. The number of carbonyl (C=O) groups is 1. The summed E-state index contributed by atoms with van der Waals surface area (Å²) >= 11 is 0. The molecule has 106 valence electrons. The van der Waals surface area contributed by atoms with Crippen molar-refractivity contribution < 1.29 is 9.18 Å². The van der Waals surface area contributed by atoms with Gasteiger partial charge in [-0.1, -0.05) is 11.8 Å². The third-order valence-electron chi connectivity index (χ3n) is 2.59. The van der Waals surface area contributed by atoms with Crippen LogP contribution in [0.1, 0.15) is 15.9 Å². The van der Waals surface area contributed by atoms with Crippen LogP contribution in [0, 0.1) is 17.7 Å². The van der Waals surface area contributed by atoms with Crippen LogP contribution in [0.3, 0.4) is 0 Å². The van der Waals surface area contributed by atoms with Crippen LogP contribution in [0.2, 0.25) is 0 Å². The van der Waals surface area contributed by atoms with E-state index in [1.165, 1.54) is 24.4 Å². The number of carbonyl (C=O) groups excluding carboxylic acids is 1. The molecule has 0 aliphatic rings. The number of nitrogens with two attached hydrogens (primary N) is 1. The Morgan fingerprint density at radius 1 is 1.33 bits per heavy atom. The zero-order chi connectivity index (χ0) is 15.2. The molecule has 6 heteroatoms. The van der Waals surface area contributed by atoms with Crippen molar-refractivity contribution in [3.05, 3.63) is 63.8 Å². The lowest BCUT2D eigenvalue weighted by molar-refractivity contribution is 0.102. The number of aromatic amines is 1. The minimum Gasteiger partial charge on any atom is -0.329 e. The predicted octanol–water partition coefficient (Wildman–Crippen LogP) is 1.08. The number of anilines is 1. The first-order valence-corrected chi connectivity index (χ1v) is 6.09. The van der Waals surface area contributed by atoms with Crippen molar-refractivity contribution in [1.29, 1.82) is 0 Å². The lowest BCUT2D eigenvalue weighted by Crippen LogP contribution is -2.16. The van der Waals surface area contributed by atoms with Crippen molar-refractivity contribution >= 4 is 11.6 Å². The summed E-state index contributed by atoms with van der Waals surface area (Å²) in [5.41, 5.74) is 5.45. The molecule has 0 bridgehead atoms. The van der Waals surface area contributed by atoms with E-state index in [2.05, 4.69) is 22.1 Å². The molecule has 0 aliphatic heterocycles. The number of halogens is 1. The number of hydrogen-bond acceptors (Lipinski definition) is 3. The maximum absolute atomic E-state index is 13.9. The molecule has 0 radical (unpaired) electrons. The molecular formula is C15H12FN3O2. The maximum Gasteiger partial charge on any atom is 0.255 e. The SMILES string of the molecule is NCC#Cc1ccc(NC(=O)c2cc[nH]c(=O)c2)c(F)c1. The fraction of sp³-hybridized carbons (Fsp3) is 0.0667. The van der Waals surface area contributed by atoms with Crippen LogP contribution in [0.5, 0.6) is 0 Å². The molecule has 5 nitrogen and oxygen atoms in total. The largest absolute Gasteiger partial charge is 0.329 e. The van der Waals surface area contributed by atoms with Gasteiger partial charge in [-0.3, -0.25) is 9.59 Å². The molecule has 2 aromatic rings. The molecule has 4 N–H and O–H groups in total. The van der Waals surface area contributed by atoms with E-state index in [0.29, 0.717) is 5.56 Å². The molecular weight excluding hydrogens is 273 g/mol. The molecule has 0 aliphatic carbocycles. The van der Waals surface area contributed by atoms with Crippen LogP contribution in [0.4, 0.5) is 10.1 Å². The Morgan fingerprint density at radius 3 is 2.81 bits per heavy atom. The molecule has 1 amide bonds. The van der Waals surface area contributed by atoms with E-state index in [1.807, 2.05) is 0 Å². The second-order valence-corrected chi connectivity index (χ2v) is 4.10. The smallest absolute Gasteiger partial charge is 0.255 e. The van der Waals surface area contributed by atoms with Crippen LogP contribution in [0.15, 0.2) is 41.3 Å². The Hall–Kier alpha value is -2.91. The van der Waals surface area contributed by atoms with Crippen molar-refractivity contribution in [1.82, 2.24) is 4.98 Å². The Labute approximate surface area is 120 Å². The number of hydrogen-bond donors (Lipinski definition) is 3. The molecule has 0 unspecified atom stereocenters. The topological polar surface area (TPSA) is 88.0 Å². The fourth-order valence-electron chi connectivity index (χ4n) is 1.63. The average molecular weight is 285 g/mol. The summed E-state index contributed by atoms with van der Waals surface area (Å²) in [6.07, 6.45) is 1.35.